The highest BCUT2D eigenvalue weighted by molar-refractivity contribution is 7.93. The van der Waals surface area contributed by atoms with Crippen LogP contribution in [0.2, 0.25) is 0 Å². The van der Waals surface area contributed by atoms with Crippen LogP contribution < -0.4 is 15.8 Å². The summed E-state index contributed by atoms with van der Waals surface area (Å²) < 4.78 is 77.9. The van der Waals surface area contributed by atoms with Crippen molar-refractivity contribution in [1.82, 2.24) is 9.97 Å². The van der Waals surface area contributed by atoms with Gasteiger partial charge in [0.05, 0.1) is 10.6 Å². The molecular weight excluding hydrogens is 536 g/mol. The van der Waals surface area contributed by atoms with Gasteiger partial charge in [-0.3, -0.25) is 4.99 Å². The number of rotatable bonds is 11. The van der Waals surface area contributed by atoms with Crippen LogP contribution in [0.3, 0.4) is 0 Å². The highest BCUT2D eigenvalue weighted by atomic mass is 32.2. The first kappa shape index (κ1) is 31.6. The van der Waals surface area contributed by atoms with Gasteiger partial charge in [0.1, 0.15) is 17.4 Å². The number of sulfonamides is 1. The van der Waals surface area contributed by atoms with Crippen LogP contribution in [0.5, 0.6) is 0 Å². The molecule has 0 amide bonds. The van der Waals surface area contributed by atoms with Crippen LogP contribution in [0.4, 0.5) is 35.0 Å². The fourth-order valence-corrected chi connectivity index (χ4v) is 3.97. The lowest BCUT2D eigenvalue weighted by Gasteiger charge is -2.30. The highest BCUT2D eigenvalue weighted by Crippen LogP contribution is 2.37. The summed E-state index contributed by atoms with van der Waals surface area (Å²) in [7, 11) is -3.98. The van der Waals surface area contributed by atoms with Crippen molar-refractivity contribution < 1.29 is 26.0 Å². The van der Waals surface area contributed by atoms with E-state index in [1.54, 1.807) is 19.1 Å². The molecule has 39 heavy (non-hydrogen) atoms. The predicted molar refractivity (Wildman–Crippen MR) is 149 cm³/mol. The van der Waals surface area contributed by atoms with Crippen LogP contribution in [0.25, 0.3) is 6.08 Å². The molecule has 0 radical (unpaired) electrons. The van der Waals surface area contributed by atoms with Gasteiger partial charge in [-0.2, -0.15) is 18.2 Å². The van der Waals surface area contributed by atoms with Crippen LogP contribution in [0.15, 0.2) is 70.2 Å². The van der Waals surface area contributed by atoms with Crippen LogP contribution in [-0.4, -0.2) is 49.0 Å². The second-order valence-corrected chi connectivity index (χ2v) is 10.8. The summed E-state index contributed by atoms with van der Waals surface area (Å²) in [6.07, 6.45) is 4.60. The number of primary sulfonamides is 1. The molecule has 8 nitrogen and oxygen atoms in total. The standard InChI is InChI=1S/C26H32F4N6O2S/c1-7-20-22(33-15-18-8-10-19(27)11-9-18)23(36-25(5,6)26(28,29)30)35-24(34-20)32-13-12-17(4)14-21(16(2)3)39(31,37)38/h7-10,12,14-15,19H,1-2,11,13H2,3-6H3,(H2,31,37,38)(H2,32,34,35,36)/b17-12+,21-14+,33-15?. The molecule has 0 bridgehead atoms. The van der Waals surface area contributed by atoms with Crippen LogP contribution >= 0.6 is 0 Å². The molecule has 2 rings (SSSR count). The van der Waals surface area contributed by atoms with Gasteiger partial charge in [0.2, 0.25) is 16.0 Å². The van der Waals surface area contributed by atoms with Gasteiger partial charge < -0.3 is 10.6 Å². The number of alkyl halides is 4. The Balaban J connectivity index is 2.46. The quantitative estimate of drug-likeness (QED) is 0.173. The lowest BCUT2D eigenvalue weighted by Crippen LogP contribution is -2.46. The minimum Gasteiger partial charge on any atom is -0.355 e. The number of aromatic nitrogens is 2. The minimum atomic E-state index is -4.62. The van der Waals surface area contributed by atoms with Crippen LogP contribution in [-0.2, 0) is 10.0 Å². The van der Waals surface area contributed by atoms with E-state index < -0.39 is 27.9 Å². The van der Waals surface area contributed by atoms with Crippen molar-refractivity contribution in [2.75, 3.05) is 17.2 Å². The van der Waals surface area contributed by atoms with E-state index in [1.807, 2.05) is 0 Å². The van der Waals surface area contributed by atoms with E-state index in [1.165, 1.54) is 37.4 Å². The zero-order chi connectivity index (χ0) is 29.6. The average Bonchev–Trinajstić information content (AvgIpc) is 2.80. The maximum absolute atomic E-state index is 13.7. The Kier molecular flexibility index (Phi) is 10.2. The highest BCUT2D eigenvalue weighted by Gasteiger charge is 2.48. The van der Waals surface area contributed by atoms with E-state index in [4.69, 9.17) is 5.14 Å². The summed E-state index contributed by atoms with van der Waals surface area (Å²) in [5.41, 5.74) is -0.850. The lowest BCUT2D eigenvalue weighted by molar-refractivity contribution is -0.168. The second-order valence-electron chi connectivity index (χ2n) is 9.32. The topological polar surface area (TPSA) is 122 Å². The third-order valence-corrected chi connectivity index (χ3v) is 6.51. The number of aliphatic imine (C=N–C) groups is 1. The third-order valence-electron chi connectivity index (χ3n) is 5.43. The van der Waals surface area contributed by atoms with E-state index in [0.29, 0.717) is 11.1 Å². The summed E-state index contributed by atoms with van der Waals surface area (Å²) in [5, 5.41) is 10.5. The maximum Gasteiger partial charge on any atom is 0.410 e. The van der Waals surface area contributed by atoms with Crippen molar-refractivity contribution in [3.05, 3.63) is 70.9 Å². The Hall–Kier alpha value is -3.58. The van der Waals surface area contributed by atoms with Crippen molar-refractivity contribution in [1.29, 1.82) is 0 Å². The molecule has 1 aromatic heterocycles. The van der Waals surface area contributed by atoms with Crippen LogP contribution in [0, 0.1) is 0 Å². The molecule has 1 aliphatic carbocycles. The molecule has 1 unspecified atom stereocenters. The third kappa shape index (κ3) is 8.99. The molecule has 1 aromatic rings. The molecule has 4 N–H and O–H groups in total. The number of hydrogen-bond donors (Lipinski definition) is 3. The van der Waals surface area contributed by atoms with Crippen molar-refractivity contribution in [2.45, 2.75) is 52.0 Å². The molecular formula is C26H32F4N6O2S. The second kappa shape index (κ2) is 12.5. The smallest absolute Gasteiger partial charge is 0.355 e. The van der Waals surface area contributed by atoms with Crippen LogP contribution in [0.1, 0.15) is 39.8 Å². The maximum atomic E-state index is 13.7. The van der Waals surface area contributed by atoms with E-state index in [2.05, 4.69) is 38.8 Å². The Morgan fingerprint density at radius 2 is 1.95 bits per heavy atom. The summed E-state index contributed by atoms with van der Waals surface area (Å²) in [4.78, 5) is 12.7. The average molecular weight is 569 g/mol. The molecule has 0 saturated heterocycles. The summed E-state index contributed by atoms with van der Waals surface area (Å²) in [6, 6.07) is 0. The monoisotopic (exact) mass is 568 g/mol. The summed E-state index contributed by atoms with van der Waals surface area (Å²) >= 11 is 0. The summed E-state index contributed by atoms with van der Waals surface area (Å²) in [6.45, 7) is 12.5. The van der Waals surface area contributed by atoms with Crippen molar-refractivity contribution in [2.24, 2.45) is 10.1 Å². The van der Waals surface area contributed by atoms with Gasteiger partial charge in [-0.15, -0.1) is 0 Å². The molecule has 0 aromatic carbocycles. The molecule has 0 saturated carbocycles. The number of nitrogens with one attached hydrogen (secondary N) is 2. The Morgan fingerprint density at radius 1 is 1.28 bits per heavy atom. The van der Waals surface area contributed by atoms with Gasteiger partial charge in [0.25, 0.3) is 0 Å². The SMILES string of the molecule is C=Cc1nc(NC/C=C(C)/C=C(\C(=C)C)S(N)(=O)=O)nc(NC(C)(C)C(F)(F)F)c1N=CC1=CCC(F)C=C1. The Morgan fingerprint density at radius 3 is 2.46 bits per heavy atom. The number of hydrogen-bond acceptors (Lipinski definition) is 7. The van der Waals surface area contributed by atoms with Gasteiger partial charge in [-0.05, 0) is 57.1 Å². The van der Waals surface area contributed by atoms with Gasteiger partial charge in [-0.1, -0.05) is 37.0 Å². The Labute approximate surface area is 226 Å². The Bertz CT molecular complexity index is 1370. The normalized spacial score (nSPS) is 17.3. The molecule has 1 aliphatic rings. The van der Waals surface area contributed by atoms with E-state index >= 15 is 0 Å². The number of nitrogens with zero attached hydrogens (tertiary/aromatic N) is 3. The first-order valence-corrected chi connectivity index (χ1v) is 13.3. The first-order valence-electron chi connectivity index (χ1n) is 11.7. The van der Waals surface area contributed by atoms with E-state index in [0.717, 1.165) is 13.8 Å². The van der Waals surface area contributed by atoms with Crippen molar-refractivity contribution in [3.63, 3.8) is 0 Å². The molecule has 0 spiro atoms. The zero-order valence-electron chi connectivity index (χ0n) is 22.1. The van der Waals surface area contributed by atoms with Gasteiger partial charge in [0, 0.05) is 19.2 Å². The van der Waals surface area contributed by atoms with Crippen molar-refractivity contribution in [3.8, 4) is 0 Å². The molecule has 13 heteroatoms. The molecule has 0 aliphatic heterocycles. The van der Waals surface area contributed by atoms with Crippen molar-refractivity contribution >= 4 is 39.8 Å². The molecule has 212 valence electrons. The lowest BCUT2D eigenvalue weighted by atomic mass is 10.1. The largest absolute Gasteiger partial charge is 0.410 e. The fourth-order valence-electron chi connectivity index (χ4n) is 3.14. The molecule has 1 heterocycles. The summed E-state index contributed by atoms with van der Waals surface area (Å²) in [5.74, 6) is -0.231. The zero-order valence-corrected chi connectivity index (χ0v) is 22.9. The van der Waals surface area contributed by atoms with E-state index in [9.17, 15) is 26.0 Å². The number of nitrogens with two attached hydrogens (primary N) is 1. The molecule has 0 fully saturated rings. The van der Waals surface area contributed by atoms with E-state index in [-0.39, 0.29) is 46.6 Å². The number of anilines is 2. The molecule has 1 atom stereocenters. The number of halogens is 4. The predicted octanol–water partition coefficient (Wildman–Crippen LogP) is 5.91. The van der Waals surface area contributed by atoms with Gasteiger partial charge >= 0.3 is 6.18 Å². The van der Waals surface area contributed by atoms with Gasteiger partial charge in [0.15, 0.2) is 5.82 Å². The fraction of sp³-hybridized carbons (Fsp3) is 0.346. The minimum absolute atomic E-state index is 0.0125. The number of allylic oxidation sites excluding steroid dienone is 7. The first-order chi connectivity index (χ1) is 17.9. The van der Waals surface area contributed by atoms with Gasteiger partial charge in [-0.25, -0.2) is 22.9 Å².